The second-order valence-electron chi connectivity index (χ2n) is 7.84. The first-order chi connectivity index (χ1) is 10.8. The first-order valence-electron chi connectivity index (χ1n) is 8.49. The predicted octanol–water partition coefficient (Wildman–Crippen LogP) is 1.38. The Bertz CT molecular complexity index is 547. The molecule has 1 aromatic rings. The van der Waals surface area contributed by atoms with Crippen molar-refractivity contribution < 1.29 is 9.90 Å². The third-order valence-electron chi connectivity index (χ3n) is 5.88. The Kier molecular flexibility index (Phi) is 4.23. The van der Waals surface area contributed by atoms with Gasteiger partial charge in [-0.3, -0.25) is 14.8 Å². The summed E-state index contributed by atoms with van der Waals surface area (Å²) in [4.78, 5) is 16.4. The lowest BCUT2D eigenvalue weighted by Crippen LogP contribution is -2.64. The van der Waals surface area contributed by atoms with Crippen molar-refractivity contribution in [3.63, 3.8) is 0 Å². The number of amides is 1. The number of aliphatic hydroxyl groups excluding tert-OH is 1. The van der Waals surface area contributed by atoms with E-state index in [2.05, 4.69) is 15.1 Å². The standard InChI is InChI=1S/C17H28N4O2/c1-13(22)21-12-17(10-15(23)16(21,2)3)5-8-20(9-6-17)11-14-4-7-18-19-14/h4,7,15,23H,5-6,8-12H2,1-3H3,(H,18,19)/t15-/m0/s1. The molecule has 0 aliphatic carbocycles. The van der Waals surface area contributed by atoms with Crippen LogP contribution in [0.4, 0.5) is 0 Å². The summed E-state index contributed by atoms with van der Waals surface area (Å²) in [7, 11) is 0. The van der Waals surface area contributed by atoms with Crippen molar-refractivity contribution in [2.24, 2.45) is 5.41 Å². The van der Waals surface area contributed by atoms with Crippen LogP contribution in [-0.2, 0) is 11.3 Å². The molecule has 2 aliphatic heterocycles. The summed E-state index contributed by atoms with van der Waals surface area (Å²) in [5, 5.41) is 17.6. The first-order valence-corrected chi connectivity index (χ1v) is 8.49. The van der Waals surface area contributed by atoms with Crippen molar-refractivity contribution >= 4 is 5.91 Å². The zero-order valence-corrected chi connectivity index (χ0v) is 14.4. The molecule has 23 heavy (non-hydrogen) atoms. The van der Waals surface area contributed by atoms with E-state index < -0.39 is 11.6 Å². The van der Waals surface area contributed by atoms with E-state index in [4.69, 9.17) is 0 Å². The van der Waals surface area contributed by atoms with E-state index in [0.717, 1.165) is 51.1 Å². The Balaban J connectivity index is 1.66. The minimum absolute atomic E-state index is 0.0606. The number of carbonyl (C=O) groups is 1. The minimum Gasteiger partial charge on any atom is -0.391 e. The van der Waals surface area contributed by atoms with Gasteiger partial charge < -0.3 is 10.0 Å². The molecule has 2 aliphatic rings. The molecule has 0 saturated carbocycles. The number of hydrogen-bond acceptors (Lipinski definition) is 4. The van der Waals surface area contributed by atoms with E-state index in [9.17, 15) is 9.90 Å². The van der Waals surface area contributed by atoms with Crippen LogP contribution in [0.2, 0.25) is 0 Å². The number of aliphatic hydroxyl groups is 1. The summed E-state index contributed by atoms with van der Waals surface area (Å²) < 4.78 is 0. The highest BCUT2D eigenvalue weighted by Gasteiger charge is 2.50. The fourth-order valence-corrected chi connectivity index (χ4v) is 4.12. The molecule has 1 spiro atoms. The lowest BCUT2D eigenvalue weighted by molar-refractivity contribution is -0.157. The minimum atomic E-state index is -0.468. The second kappa shape index (κ2) is 5.91. The molecule has 2 saturated heterocycles. The summed E-state index contributed by atoms with van der Waals surface area (Å²) in [6.45, 7) is 9.21. The number of H-pyrrole nitrogens is 1. The fourth-order valence-electron chi connectivity index (χ4n) is 4.12. The summed E-state index contributed by atoms with van der Waals surface area (Å²) >= 11 is 0. The summed E-state index contributed by atoms with van der Waals surface area (Å²) in [6, 6.07) is 2.01. The molecule has 6 nitrogen and oxygen atoms in total. The number of aromatic amines is 1. The molecule has 0 unspecified atom stereocenters. The first kappa shape index (κ1) is 16.5. The maximum atomic E-state index is 12.1. The van der Waals surface area contributed by atoms with Crippen LogP contribution in [0.25, 0.3) is 0 Å². The van der Waals surface area contributed by atoms with Crippen LogP contribution >= 0.6 is 0 Å². The topological polar surface area (TPSA) is 72.5 Å². The van der Waals surface area contributed by atoms with Gasteiger partial charge in [-0.1, -0.05) is 0 Å². The van der Waals surface area contributed by atoms with Gasteiger partial charge in [0.1, 0.15) is 0 Å². The number of likely N-dealkylation sites (tertiary alicyclic amines) is 2. The van der Waals surface area contributed by atoms with Gasteiger partial charge in [0.2, 0.25) is 5.91 Å². The third-order valence-corrected chi connectivity index (χ3v) is 5.88. The highest BCUT2D eigenvalue weighted by atomic mass is 16.3. The molecule has 1 atom stereocenters. The van der Waals surface area contributed by atoms with E-state index in [1.807, 2.05) is 24.8 Å². The quantitative estimate of drug-likeness (QED) is 0.863. The van der Waals surface area contributed by atoms with Crippen LogP contribution in [0.5, 0.6) is 0 Å². The van der Waals surface area contributed by atoms with E-state index in [1.165, 1.54) is 0 Å². The highest BCUT2D eigenvalue weighted by Crippen LogP contribution is 2.45. The van der Waals surface area contributed by atoms with Crippen molar-refractivity contribution in [1.82, 2.24) is 20.0 Å². The fraction of sp³-hybridized carbons (Fsp3) is 0.765. The number of carbonyl (C=O) groups excluding carboxylic acids is 1. The summed E-state index contributed by atoms with van der Waals surface area (Å²) in [5.74, 6) is 0.0630. The number of hydrogen-bond donors (Lipinski definition) is 2. The highest BCUT2D eigenvalue weighted by molar-refractivity contribution is 5.74. The van der Waals surface area contributed by atoms with E-state index >= 15 is 0 Å². The van der Waals surface area contributed by atoms with Gasteiger partial charge in [0.05, 0.1) is 11.6 Å². The number of rotatable bonds is 2. The average molecular weight is 320 g/mol. The Morgan fingerprint density at radius 1 is 1.43 bits per heavy atom. The molecule has 0 bridgehead atoms. The van der Waals surface area contributed by atoms with Crippen LogP contribution in [0.1, 0.15) is 45.7 Å². The molecule has 3 heterocycles. The normalized spacial score (nSPS) is 27.3. The maximum absolute atomic E-state index is 12.1. The van der Waals surface area contributed by atoms with Crippen molar-refractivity contribution in [1.29, 1.82) is 0 Å². The van der Waals surface area contributed by atoms with Crippen LogP contribution in [-0.4, -0.2) is 62.3 Å². The van der Waals surface area contributed by atoms with Crippen molar-refractivity contribution in [2.45, 2.75) is 58.2 Å². The average Bonchev–Trinajstić information content (AvgIpc) is 2.99. The lowest BCUT2D eigenvalue weighted by Gasteiger charge is -2.55. The largest absolute Gasteiger partial charge is 0.391 e. The molecular weight excluding hydrogens is 292 g/mol. The maximum Gasteiger partial charge on any atom is 0.219 e. The van der Waals surface area contributed by atoms with Gasteiger partial charge in [-0.05, 0) is 57.7 Å². The molecule has 6 heteroatoms. The summed E-state index contributed by atoms with van der Waals surface area (Å²) in [6.07, 6.45) is 4.17. The molecule has 1 amide bonds. The third kappa shape index (κ3) is 3.15. The Morgan fingerprint density at radius 2 is 2.13 bits per heavy atom. The Hall–Kier alpha value is -1.40. The predicted molar refractivity (Wildman–Crippen MR) is 87.6 cm³/mol. The van der Waals surface area contributed by atoms with Gasteiger partial charge in [-0.15, -0.1) is 0 Å². The van der Waals surface area contributed by atoms with E-state index in [-0.39, 0.29) is 11.3 Å². The molecule has 0 radical (unpaired) electrons. The Morgan fingerprint density at radius 3 is 2.70 bits per heavy atom. The summed E-state index contributed by atoms with van der Waals surface area (Å²) in [5.41, 5.74) is 0.728. The van der Waals surface area contributed by atoms with Gasteiger partial charge in [0.25, 0.3) is 0 Å². The number of aromatic nitrogens is 2. The molecule has 128 valence electrons. The smallest absolute Gasteiger partial charge is 0.219 e. The molecule has 0 aromatic carbocycles. The van der Waals surface area contributed by atoms with Crippen molar-refractivity contribution in [2.75, 3.05) is 19.6 Å². The van der Waals surface area contributed by atoms with Crippen molar-refractivity contribution in [3.8, 4) is 0 Å². The zero-order valence-electron chi connectivity index (χ0n) is 14.4. The van der Waals surface area contributed by atoms with Gasteiger partial charge >= 0.3 is 0 Å². The van der Waals surface area contributed by atoms with Crippen LogP contribution < -0.4 is 0 Å². The van der Waals surface area contributed by atoms with Gasteiger partial charge in [0, 0.05) is 31.9 Å². The Labute approximate surface area is 137 Å². The van der Waals surface area contributed by atoms with Gasteiger partial charge in [-0.2, -0.15) is 5.10 Å². The van der Waals surface area contributed by atoms with Crippen LogP contribution in [0.3, 0.4) is 0 Å². The number of nitrogens with one attached hydrogen (secondary N) is 1. The molecule has 1 aromatic heterocycles. The van der Waals surface area contributed by atoms with E-state index in [0.29, 0.717) is 0 Å². The van der Waals surface area contributed by atoms with Crippen LogP contribution in [0, 0.1) is 5.41 Å². The second-order valence-corrected chi connectivity index (χ2v) is 7.84. The van der Waals surface area contributed by atoms with Gasteiger partial charge in [-0.25, -0.2) is 0 Å². The van der Waals surface area contributed by atoms with Gasteiger partial charge in [0.15, 0.2) is 0 Å². The monoisotopic (exact) mass is 320 g/mol. The van der Waals surface area contributed by atoms with E-state index in [1.54, 1.807) is 13.1 Å². The number of piperidine rings is 2. The lowest BCUT2D eigenvalue weighted by atomic mass is 9.67. The molecule has 2 fully saturated rings. The van der Waals surface area contributed by atoms with Crippen molar-refractivity contribution in [3.05, 3.63) is 18.0 Å². The molecular formula is C17H28N4O2. The number of nitrogens with zero attached hydrogens (tertiary/aromatic N) is 3. The molecule has 3 rings (SSSR count). The zero-order chi connectivity index (χ0) is 16.7. The SMILES string of the molecule is CC(=O)N1CC2(CCN(Cc3ccn[nH]3)CC2)C[C@H](O)C1(C)C. The molecule has 2 N–H and O–H groups in total. The van der Waals surface area contributed by atoms with Crippen LogP contribution in [0.15, 0.2) is 12.3 Å².